The molecule has 1 amide bonds. The molecule has 0 unspecified atom stereocenters. The maximum Gasteiger partial charge on any atom is 0.339 e. The van der Waals surface area contributed by atoms with Gasteiger partial charge in [-0.15, -0.1) is 0 Å². The van der Waals surface area contributed by atoms with Crippen molar-refractivity contribution < 1.29 is 14.3 Å². The maximum absolute atomic E-state index is 13.1. The van der Waals surface area contributed by atoms with Crippen molar-refractivity contribution in [1.29, 1.82) is 0 Å². The minimum absolute atomic E-state index is 0.0319. The highest BCUT2D eigenvalue weighted by Crippen LogP contribution is 2.43. The standard InChI is InChI=1S/C29H30N2O3/c32-27(26(22-10-3-1-4-11-22)23-12-5-2-6-13-23)30-18-9-19-31-20-16-29(17-21-31)25-15-8-7-14-24(25)28(33)34-29/h1-8,10-15,26H,9,16-21H2,(H,30,32). The second kappa shape index (κ2) is 9.82. The summed E-state index contributed by atoms with van der Waals surface area (Å²) in [6, 6.07) is 27.6. The third kappa shape index (κ3) is 4.48. The van der Waals surface area contributed by atoms with Crippen LogP contribution in [0, 0.1) is 0 Å². The fourth-order valence-electron chi connectivity index (χ4n) is 5.26. The molecule has 0 aromatic heterocycles. The highest BCUT2D eigenvalue weighted by atomic mass is 16.6. The van der Waals surface area contributed by atoms with Crippen LogP contribution in [0.5, 0.6) is 0 Å². The van der Waals surface area contributed by atoms with E-state index in [1.165, 1.54) is 0 Å². The molecule has 2 aliphatic rings. The first-order valence-corrected chi connectivity index (χ1v) is 12.1. The second-order valence-corrected chi connectivity index (χ2v) is 9.17. The van der Waals surface area contributed by atoms with Crippen LogP contribution in [0.15, 0.2) is 84.9 Å². The Kier molecular flexibility index (Phi) is 6.45. The van der Waals surface area contributed by atoms with Crippen LogP contribution in [-0.2, 0) is 15.1 Å². The molecule has 0 bridgehead atoms. The zero-order valence-electron chi connectivity index (χ0n) is 19.3. The van der Waals surface area contributed by atoms with Crippen molar-refractivity contribution in [1.82, 2.24) is 10.2 Å². The molecule has 3 aromatic carbocycles. The van der Waals surface area contributed by atoms with Gasteiger partial charge in [0.15, 0.2) is 0 Å². The van der Waals surface area contributed by atoms with Gasteiger partial charge in [-0.25, -0.2) is 4.79 Å². The van der Waals surface area contributed by atoms with Gasteiger partial charge in [0.05, 0.1) is 11.5 Å². The third-order valence-corrected chi connectivity index (χ3v) is 7.07. The minimum Gasteiger partial charge on any atom is -0.450 e. The normalized spacial score (nSPS) is 16.9. The number of amides is 1. The van der Waals surface area contributed by atoms with Crippen molar-refractivity contribution in [2.45, 2.75) is 30.8 Å². The molecule has 2 aliphatic heterocycles. The molecule has 5 rings (SSSR count). The van der Waals surface area contributed by atoms with Gasteiger partial charge >= 0.3 is 5.97 Å². The van der Waals surface area contributed by atoms with E-state index >= 15 is 0 Å². The first-order chi connectivity index (χ1) is 16.7. The quantitative estimate of drug-likeness (QED) is 0.422. The van der Waals surface area contributed by atoms with Gasteiger partial charge in [-0.3, -0.25) is 4.79 Å². The van der Waals surface area contributed by atoms with E-state index in [9.17, 15) is 9.59 Å². The van der Waals surface area contributed by atoms with Crippen molar-refractivity contribution in [2.75, 3.05) is 26.2 Å². The lowest BCUT2D eigenvalue weighted by molar-refractivity contribution is -0.121. The van der Waals surface area contributed by atoms with Crippen molar-refractivity contribution in [3.8, 4) is 0 Å². The van der Waals surface area contributed by atoms with Crippen molar-refractivity contribution in [3.05, 3.63) is 107 Å². The Hall–Kier alpha value is -3.44. The van der Waals surface area contributed by atoms with Crippen LogP contribution in [0.25, 0.3) is 0 Å². The molecule has 2 heterocycles. The largest absolute Gasteiger partial charge is 0.450 e. The summed E-state index contributed by atoms with van der Waals surface area (Å²) in [6.45, 7) is 3.31. The second-order valence-electron chi connectivity index (χ2n) is 9.17. The number of rotatable bonds is 7. The Morgan fingerprint density at radius 3 is 2.12 bits per heavy atom. The zero-order valence-corrected chi connectivity index (χ0v) is 19.3. The molecular weight excluding hydrogens is 424 g/mol. The fourth-order valence-corrected chi connectivity index (χ4v) is 5.26. The predicted molar refractivity (Wildman–Crippen MR) is 132 cm³/mol. The van der Waals surface area contributed by atoms with E-state index in [1.807, 2.05) is 84.9 Å². The van der Waals surface area contributed by atoms with Crippen LogP contribution in [0.4, 0.5) is 0 Å². The smallest absolute Gasteiger partial charge is 0.339 e. The number of likely N-dealkylation sites (tertiary alicyclic amines) is 1. The summed E-state index contributed by atoms with van der Waals surface area (Å²) in [6.07, 6.45) is 2.50. The fraction of sp³-hybridized carbons (Fsp3) is 0.310. The summed E-state index contributed by atoms with van der Waals surface area (Å²) in [5, 5.41) is 3.15. The average molecular weight is 455 g/mol. The van der Waals surface area contributed by atoms with Crippen LogP contribution in [0.1, 0.15) is 52.2 Å². The summed E-state index contributed by atoms with van der Waals surface area (Å²) in [7, 11) is 0. The van der Waals surface area contributed by atoms with Crippen LogP contribution in [-0.4, -0.2) is 43.0 Å². The predicted octanol–water partition coefficient (Wildman–Crippen LogP) is 4.49. The number of ether oxygens (including phenoxy) is 1. The number of piperidine rings is 1. The number of hydrogen-bond acceptors (Lipinski definition) is 4. The van der Waals surface area contributed by atoms with Gasteiger partial charge in [0.25, 0.3) is 0 Å². The highest BCUT2D eigenvalue weighted by Gasteiger charge is 2.46. The molecule has 0 saturated carbocycles. The van der Waals surface area contributed by atoms with Crippen LogP contribution >= 0.6 is 0 Å². The third-order valence-electron chi connectivity index (χ3n) is 7.07. The topological polar surface area (TPSA) is 58.6 Å². The summed E-state index contributed by atoms with van der Waals surface area (Å²) < 4.78 is 5.85. The number of hydrogen-bond donors (Lipinski definition) is 1. The molecule has 5 heteroatoms. The number of carbonyl (C=O) groups excluding carboxylic acids is 2. The molecule has 1 N–H and O–H groups in total. The van der Waals surface area contributed by atoms with Gasteiger partial charge in [0.1, 0.15) is 5.60 Å². The SMILES string of the molecule is O=C1OC2(CCN(CCCNC(=O)C(c3ccccc3)c3ccccc3)CC2)c2ccccc21. The van der Waals surface area contributed by atoms with E-state index in [2.05, 4.69) is 10.2 Å². The van der Waals surface area contributed by atoms with Gasteiger partial charge in [0.2, 0.25) is 5.91 Å². The van der Waals surface area contributed by atoms with Gasteiger partial charge in [-0.2, -0.15) is 0 Å². The Labute approximate surface area is 200 Å². The van der Waals surface area contributed by atoms with Crippen LogP contribution in [0.3, 0.4) is 0 Å². The van der Waals surface area contributed by atoms with E-state index in [-0.39, 0.29) is 17.8 Å². The molecule has 0 radical (unpaired) electrons. The molecule has 1 fully saturated rings. The maximum atomic E-state index is 13.1. The number of carbonyl (C=O) groups is 2. The molecule has 5 nitrogen and oxygen atoms in total. The average Bonchev–Trinajstić information content (AvgIpc) is 3.16. The Morgan fingerprint density at radius 1 is 0.882 bits per heavy atom. The molecular formula is C29H30N2O3. The minimum atomic E-state index is -0.461. The summed E-state index contributed by atoms with van der Waals surface area (Å²) >= 11 is 0. The van der Waals surface area contributed by atoms with E-state index in [1.54, 1.807) is 0 Å². The van der Waals surface area contributed by atoms with Gasteiger partial charge in [0, 0.05) is 38.0 Å². The van der Waals surface area contributed by atoms with E-state index in [0.29, 0.717) is 12.1 Å². The number of nitrogens with one attached hydrogen (secondary N) is 1. The van der Waals surface area contributed by atoms with Gasteiger partial charge in [-0.05, 0) is 30.2 Å². The Morgan fingerprint density at radius 2 is 1.47 bits per heavy atom. The lowest BCUT2D eigenvalue weighted by Gasteiger charge is -2.38. The lowest BCUT2D eigenvalue weighted by Crippen LogP contribution is -2.43. The Bertz CT molecular complexity index is 1100. The van der Waals surface area contributed by atoms with E-state index in [4.69, 9.17) is 4.74 Å². The molecule has 174 valence electrons. The summed E-state index contributed by atoms with van der Waals surface area (Å²) in [4.78, 5) is 27.8. The van der Waals surface area contributed by atoms with E-state index < -0.39 is 5.60 Å². The molecule has 34 heavy (non-hydrogen) atoms. The number of benzene rings is 3. The van der Waals surface area contributed by atoms with Crippen molar-refractivity contribution in [3.63, 3.8) is 0 Å². The van der Waals surface area contributed by atoms with Crippen LogP contribution < -0.4 is 5.32 Å². The molecule has 1 saturated heterocycles. The van der Waals surface area contributed by atoms with Crippen molar-refractivity contribution in [2.24, 2.45) is 0 Å². The van der Waals surface area contributed by atoms with Gasteiger partial charge < -0.3 is 15.0 Å². The molecule has 0 aliphatic carbocycles. The van der Waals surface area contributed by atoms with Crippen LogP contribution in [0.2, 0.25) is 0 Å². The summed E-state index contributed by atoms with van der Waals surface area (Å²) in [5.74, 6) is -0.475. The zero-order chi connectivity index (χ0) is 23.4. The first kappa shape index (κ1) is 22.4. The molecule has 3 aromatic rings. The van der Waals surface area contributed by atoms with Crippen molar-refractivity contribution >= 4 is 11.9 Å². The monoisotopic (exact) mass is 454 g/mol. The van der Waals surface area contributed by atoms with E-state index in [0.717, 1.165) is 55.6 Å². The molecule has 0 atom stereocenters. The summed E-state index contributed by atoms with van der Waals surface area (Å²) in [5.41, 5.74) is 3.29. The lowest BCUT2D eigenvalue weighted by atomic mass is 9.84. The number of nitrogens with zero attached hydrogens (tertiary/aromatic N) is 1. The molecule has 1 spiro atoms. The first-order valence-electron chi connectivity index (χ1n) is 12.1. The number of esters is 1. The Balaban J connectivity index is 1.13. The number of fused-ring (bicyclic) bond motifs is 2. The van der Waals surface area contributed by atoms with Gasteiger partial charge in [-0.1, -0.05) is 78.9 Å². The highest BCUT2D eigenvalue weighted by molar-refractivity contribution is 5.94.